The fourth-order valence-electron chi connectivity index (χ4n) is 3.62. The van der Waals surface area contributed by atoms with E-state index in [0.717, 1.165) is 29.4 Å². The maximum atomic E-state index is 9.35. The zero-order chi connectivity index (χ0) is 12.5. The monoisotopic (exact) mass is 241 g/mol. The van der Waals surface area contributed by atoms with Crippen molar-refractivity contribution in [3.8, 4) is 6.07 Å². The normalized spacial score (nSPS) is 26.8. The number of pyridine rings is 1. The molecule has 18 heavy (non-hydrogen) atoms. The van der Waals surface area contributed by atoms with E-state index in [9.17, 15) is 5.26 Å². The quantitative estimate of drug-likeness (QED) is 0.758. The van der Waals surface area contributed by atoms with Gasteiger partial charge in [0.05, 0.1) is 5.56 Å². The van der Waals surface area contributed by atoms with Crippen molar-refractivity contribution in [3.63, 3.8) is 0 Å². The Morgan fingerprint density at radius 3 is 3.00 bits per heavy atom. The van der Waals surface area contributed by atoms with Gasteiger partial charge in [0, 0.05) is 18.8 Å². The molecule has 3 heteroatoms. The van der Waals surface area contributed by atoms with Crippen LogP contribution in [-0.2, 0) is 0 Å². The first kappa shape index (κ1) is 11.5. The van der Waals surface area contributed by atoms with E-state index < -0.39 is 0 Å². The van der Waals surface area contributed by atoms with Crippen LogP contribution in [0.15, 0.2) is 12.3 Å². The van der Waals surface area contributed by atoms with Crippen molar-refractivity contribution in [2.75, 3.05) is 11.4 Å². The highest BCUT2D eigenvalue weighted by molar-refractivity contribution is 5.58. The molecule has 0 radical (unpaired) electrons. The summed E-state index contributed by atoms with van der Waals surface area (Å²) >= 11 is 0. The molecule has 1 aromatic rings. The van der Waals surface area contributed by atoms with Crippen molar-refractivity contribution in [3.05, 3.63) is 23.4 Å². The van der Waals surface area contributed by atoms with Crippen LogP contribution in [0.25, 0.3) is 0 Å². The largest absolute Gasteiger partial charge is 0.352 e. The average Bonchev–Trinajstić information content (AvgIpc) is 2.86. The maximum Gasteiger partial charge on any atom is 0.147 e. The van der Waals surface area contributed by atoms with Gasteiger partial charge >= 0.3 is 0 Å². The van der Waals surface area contributed by atoms with Crippen LogP contribution in [0.5, 0.6) is 0 Å². The third kappa shape index (κ3) is 1.77. The summed E-state index contributed by atoms with van der Waals surface area (Å²) in [6.07, 6.45) is 8.39. The van der Waals surface area contributed by atoms with Crippen molar-refractivity contribution in [2.24, 2.45) is 5.92 Å². The van der Waals surface area contributed by atoms with Crippen LogP contribution in [0.2, 0.25) is 0 Å². The number of nitriles is 1. The molecule has 2 atom stereocenters. The fraction of sp³-hybridized carbons (Fsp3) is 0.600. The van der Waals surface area contributed by atoms with E-state index in [1.165, 1.54) is 32.1 Å². The second kappa shape index (κ2) is 4.61. The Bertz CT molecular complexity index is 489. The SMILES string of the molecule is Cc1ccnc(N2CCCC3CCCC32)c1C#N. The number of aromatic nitrogens is 1. The summed E-state index contributed by atoms with van der Waals surface area (Å²) in [4.78, 5) is 6.91. The standard InChI is InChI=1S/C15H19N3/c1-11-7-8-17-15(13(11)10-16)18-9-3-5-12-4-2-6-14(12)18/h7-8,12,14H,2-6,9H2,1H3. The average molecular weight is 241 g/mol. The summed E-state index contributed by atoms with van der Waals surface area (Å²) in [6, 6.07) is 4.89. The number of rotatable bonds is 1. The first-order valence-electron chi connectivity index (χ1n) is 6.93. The van der Waals surface area contributed by atoms with Crippen LogP contribution in [0.1, 0.15) is 43.2 Å². The second-order valence-corrected chi connectivity index (χ2v) is 5.53. The van der Waals surface area contributed by atoms with Crippen molar-refractivity contribution in [1.29, 1.82) is 5.26 Å². The lowest BCUT2D eigenvalue weighted by atomic mass is 9.91. The molecule has 94 valence electrons. The van der Waals surface area contributed by atoms with E-state index >= 15 is 0 Å². The van der Waals surface area contributed by atoms with Gasteiger partial charge in [-0.1, -0.05) is 6.42 Å². The topological polar surface area (TPSA) is 39.9 Å². The van der Waals surface area contributed by atoms with Gasteiger partial charge in [0.15, 0.2) is 0 Å². The number of anilines is 1. The molecule has 0 aromatic carbocycles. The van der Waals surface area contributed by atoms with Crippen LogP contribution in [-0.4, -0.2) is 17.6 Å². The Morgan fingerprint density at radius 1 is 1.33 bits per heavy atom. The van der Waals surface area contributed by atoms with E-state index in [1.54, 1.807) is 0 Å². The van der Waals surface area contributed by atoms with Gasteiger partial charge in [0.1, 0.15) is 11.9 Å². The Kier molecular flexibility index (Phi) is 2.95. The first-order valence-corrected chi connectivity index (χ1v) is 6.93. The smallest absolute Gasteiger partial charge is 0.147 e. The molecule has 0 spiro atoms. The number of fused-ring (bicyclic) bond motifs is 1. The Labute approximate surface area is 108 Å². The molecule has 2 unspecified atom stereocenters. The Morgan fingerprint density at radius 2 is 2.17 bits per heavy atom. The summed E-state index contributed by atoms with van der Waals surface area (Å²) in [5.74, 6) is 1.75. The zero-order valence-corrected chi connectivity index (χ0v) is 10.9. The molecule has 2 heterocycles. The highest BCUT2D eigenvalue weighted by atomic mass is 15.2. The molecular formula is C15H19N3. The van der Waals surface area contributed by atoms with Gasteiger partial charge < -0.3 is 4.90 Å². The van der Waals surface area contributed by atoms with Gasteiger partial charge in [-0.05, 0) is 50.2 Å². The number of piperidine rings is 1. The molecule has 0 amide bonds. The van der Waals surface area contributed by atoms with Crippen molar-refractivity contribution in [1.82, 2.24) is 4.98 Å². The van der Waals surface area contributed by atoms with Crippen molar-refractivity contribution in [2.45, 2.75) is 45.1 Å². The van der Waals surface area contributed by atoms with Gasteiger partial charge in [0.2, 0.25) is 0 Å². The minimum Gasteiger partial charge on any atom is -0.352 e. The van der Waals surface area contributed by atoms with E-state index in [2.05, 4.69) is 16.0 Å². The lowest BCUT2D eigenvalue weighted by Crippen LogP contribution is -2.43. The molecule has 1 saturated heterocycles. The van der Waals surface area contributed by atoms with E-state index in [1.807, 2.05) is 19.2 Å². The van der Waals surface area contributed by atoms with Crippen LogP contribution >= 0.6 is 0 Å². The summed E-state index contributed by atoms with van der Waals surface area (Å²) in [7, 11) is 0. The highest BCUT2D eigenvalue weighted by Gasteiger charge is 2.36. The predicted molar refractivity (Wildman–Crippen MR) is 71.4 cm³/mol. The molecule has 1 aliphatic carbocycles. The van der Waals surface area contributed by atoms with Gasteiger partial charge in [-0.2, -0.15) is 5.26 Å². The zero-order valence-electron chi connectivity index (χ0n) is 10.9. The first-order chi connectivity index (χ1) is 8.81. The van der Waals surface area contributed by atoms with Gasteiger partial charge in [0.25, 0.3) is 0 Å². The summed E-state index contributed by atoms with van der Waals surface area (Å²) < 4.78 is 0. The van der Waals surface area contributed by atoms with E-state index in [0.29, 0.717) is 6.04 Å². The molecule has 1 aliphatic heterocycles. The molecule has 1 aromatic heterocycles. The van der Waals surface area contributed by atoms with Crippen molar-refractivity contribution >= 4 is 5.82 Å². The molecule has 0 N–H and O–H groups in total. The number of aryl methyl sites for hydroxylation is 1. The van der Waals surface area contributed by atoms with Crippen LogP contribution in [0.4, 0.5) is 5.82 Å². The molecule has 3 rings (SSSR count). The summed E-state index contributed by atoms with van der Waals surface area (Å²) in [5, 5.41) is 9.35. The van der Waals surface area contributed by atoms with E-state index in [4.69, 9.17) is 0 Å². The summed E-state index contributed by atoms with van der Waals surface area (Å²) in [6.45, 7) is 3.06. The minimum atomic E-state index is 0.625. The Hall–Kier alpha value is -1.56. The van der Waals surface area contributed by atoms with E-state index in [-0.39, 0.29) is 0 Å². The number of nitrogens with zero attached hydrogens (tertiary/aromatic N) is 3. The van der Waals surface area contributed by atoms with Crippen LogP contribution in [0.3, 0.4) is 0 Å². The number of hydrogen-bond donors (Lipinski definition) is 0. The third-order valence-corrected chi connectivity index (χ3v) is 4.52. The third-order valence-electron chi connectivity index (χ3n) is 4.52. The summed E-state index contributed by atoms with van der Waals surface area (Å²) in [5.41, 5.74) is 1.81. The molecular weight excluding hydrogens is 222 g/mol. The van der Waals surface area contributed by atoms with Crippen molar-refractivity contribution < 1.29 is 0 Å². The molecule has 0 bridgehead atoms. The maximum absolute atomic E-state index is 9.35. The van der Waals surface area contributed by atoms with Gasteiger partial charge in [-0.15, -0.1) is 0 Å². The number of hydrogen-bond acceptors (Lipinski definition) is 3. The lowest BCUT2D eigenvalue weighted by molar-refractivity contribution is 0.360. The van der Waals surface area contributed by atoms with Gasteiger partial charge in [-0.3, -0.25) is 0 Å². The minimum absolute atomic E-state index is 0.625. The fourth-order valence-corrected chi connectivity index (χ4v) is 3.62. The molecule has 3 nitrogen and oxygen atoms in total. The molecule has 1 saturated carbocycles. The Balaban J connectivity index is 1.99. The second-order valence-electron chi connectivity index (χ2n) is 5.53. The van der Waals surface area contributed by atoms with Gasteiger partial charge in [-0.25, -0.2) is 4.98 Å². The molecule has 2 aliphatic rings. The lowest BCUT2D eigenvalue weighted by Gasteiger charge is -2.39. The highest BCUT2D eigenvalue weighted by Crippen LogP contribution is 2.39. The molecule has 2 fully saturated rings. The predicted octanol–water partition coefficient (Wildman–Crippen LogP) is 3.03. The van der Waals surface area contributed by atoms with Crippen LogP contribution in [0, 0.1) is 24.2 Å². The van der Waals surface area contributed by atoms with Crippen LogP contribution < -0.4 is 4.90 Å².